The Bertz CT molecular complexity index is 688. The van der Waals surface area contributed by atoms with Gasteiger partial charge in [-0.05, 0) is 42.5 Å². The average molecular weight is 242 g/mol. The van der Waals surface area contributed by atoms with Crippen LogP contribution in [0.25, 0.3) is 11.0 Å². The molecule has 4 nitrogen and oxygen atoms in total. The molecule has 0 unspecified atom stereocenters. The van der Waals surface area contributed by atoms with Gasteiger partial charge >= 0.3 is 0 Å². The summed E-state index contributed by atoms with van der Waals surface area (Å²) in [5, 5.41) is 3.10. The smallest absolute Gasteiger partial charge is 0.205 e. The molecular weight excluding hydrogens is 231 g/mol. The van der Waals surface area contributed by atoms with Crippen molar-refractivity contribution in [2.45, 2.75) is 0 Å². The number of aromatic nitrogens is 2. The van der Waals surface area contributed by atoms with Crippen molar-refractivity contribution in [2.24, 2.45) is 0 Å². The second-order valence-corrected chi connectivity index (χ2v) is 3.99. The number of benzene rings is 2. The van der Waals surface area contributed by atoms with Gasteiger partial charge in [-0.25, -0.2) is 9.37 Å². The van der Waals surface area contributed by atoms with Crippen molar-refractivity contribution < 1.29 is 4.39 Å². The first-order valence-corrected chi connectivity index (χ1v) is 5.48. The van der Waals surface area contributed by atoms with E-state index in [1.807, 2.05) is 12.1 Å². The second-order valence-electron chi connectivity index (χ2n) is 3.99. The van der Waals surface area contributed by atoms with E-state index in [4.69, 9.17) is 5.73 Å². The molecule has 0 saturated heterocycles. The maximum atomic E-state index is 13.0. The van der Waals surface area contributed by atoms with E-state index in [2.05, 4.69) is 15.3 Å². The van der Waals surface area contributed by atoms with Crippen LogP contribution in [0.15, 0.2) is 42.5 Å². The van der Waals surface area contributed by atoms with E-state index in [-0.39, 0.29) is 5.82 Å². The van der Waals surface area contributed by atoms with Crippen molar-refractivity contribution in [1.82, 2.24) is 9.97 Å². The summed E-state index contributed by atoms with van der Waals surface area (Å²) in [6, 6.07) is 11.7. The molecule has 0 aliphatic rings. The third-order valence-electron chi connectivity index (χ3n) is 2.62. The summed E-state index contributed by atoms with van der Waals surface area (Å²) in [6.07, 6.45) is 0. The Balaban J connectivity index is 1.92. The fraction of sp³-hybridized carbons (Fsp3) is 0. The molecule has 0 saturated carbocycles. The van der Waals surface area contributed by atoms with Crippen molar-refractivity contribution >= 4 is 28.4 Å². The molecule has 2 aromatic carbocycles. The molecule has 3 aromatic rings. The summed E-state index contributed by atoms with van der Waals surface area (Å²) in [6.45, 7) is 0. The Morgan fingerprint density at radius 3 is 2.67 bits per heavy atom. The Morgan fingerprint density at radius 2 is 1.89 bits per heavy atom. The minimum absolute atomic E-state index is 0.287. The Labute approximate surface area is 103 Å². The number of rotatable bonds is 2. The lowest BCUT2D eigenvalue weighted by molar-refractivity contribution is 0.629. The molecule has 0 aliphatic carbocycles. The molecule has 18 heavy (non-hydrogen) atoms. The molecule has 0 aliphatic heterocycles. The third-order valence-corrected chi connectivity index (χ3v) is 2.62. The fourth-order valence-corrected chi connectivity index (χ4v) is 1.74. The monoisotopic (exact) mass is 242 g/mol. The van der Waals surface area contributed by atoms with Gasteiger partial charge in [0.1, 0.15) is 5.82 Å². The average Bonchev–Trinajstić information content (AvgIpc) is 2.73. The molecule has 1 aromatic heterocycles. The predicted octanol–water partition coefficient (Wildman–Crippen LogP) is 3.03. The molecular formula is C13H11FN4. The Kier molecular flexibility index (Phi) is 2.37. The first-order valence-electron chi connectivity index (χ1n) is 5.48. The van der Waals surface area contributed by atoms with Crippen LogP contribution in [0.5, 0.6) is 0 Å². The lowest BCUT2D eigenvalue weighted by Crippen LogP contribution is -1.92. The first-order chi connectivity index (χ1) is 8.70. The normalized spacial score (nSPS) is 10.7. The molecule has 3 rings (SSSR count). The minimum Gasteiger partial charge on any atom is -0.399 e. The molecule has 1 heterocycles. The summed E-state index contributed by atoms with van der Waals surface area (Å²) >= 11 is 0. The largest absolute Gasteiger partial charge is 0.399 e. The number of anilines is 3. The van der Waals surface area contributed by atoms with Crippen LogP contribution < -0.4 is 11.1 Å². The molecule has 0 spiro atoms. The van der Waals surface area contributed by atoms with Crippen LogP contribution in [0.2, 0.25) is 0 Å². The van der Waals surface area contributed by atoms with E-state index in [1.54, 1.807) is 18.2 Å². The number of hydrogen-bond donors (Lipinski definition) is 3. The first kappa shape index (κ1) is 10.6. The topological polar surface area (TPSA) is 66.7 Å². The van der Waals surface area contributed by atoms with Crippen LogP contribution in [0, 0.1) is 5.82 Å². The van der Waals surface area contributed by atoms with Crippen LogP contribution in [-0.2, 0) is 0 Å². The van der Waals surface area contributed by atoms with Crippen molar-refractivity contribution in [2.75, 3.05) is 11.1 Å². The highest BCUT2D eigenvalue weighted by Gasteiger charge is 2.03. The summed E-state index contributed by atoms with van der Waals surface area (Å²) in [7, 11) is 0. The van der Waals surface area contributed by atoms with E-state index >= 15 is 0 Å². The van der Waals surface area contributed by atoms with Gasteiger partial charge in [0, 0.05) is 11.4 Å². The van der Waals surface area contributed by atoms with E-state index in [0.29, 0.717) is 22.7 Å². The van der Waals surface area contributed by atoms with Crippen molar-refractivity contribution in [1.29, 1.82) is 0 Å². The molecule has 90 valence electrons. The molecule has 0 fully saturated rings. The van der Waals surface area contributed by atoms with Crippen LogP contribution in [0.4, 0.5) is 21.7 Å². The molecule has 0 atom stereocenters. The number of halogens is 1. The number of H-pyrrole nitrogens is 1. The van der Waals surface area contributed by atoms with Gasteiger partial charge in [-0.15, -0.1) is 0 Å². The SMILES string of the molecule is Nc1ccc(Nc2nc3ccc(F)cc3[nH]2)cc1. The van der Waals surface area contributed by atoms with E-state index in [0.717, 1.165) is 5.69 Å². The van der Waals surface area contributed by atoms with Crippen LogP contribution >= 0.6 is 0 Å². The van der Waals surface area contributed by atoms with E-state index in [1.165, 1.54) is 12.1 Å². The van der Waals surface area contributed by atoms with Crippen LogP contribution in [0.1, 0.15) is 0 Å². The van der Waals surface area contributed by atoms with Crippen molar-refractivity contribution in [3.05, 3.63) is 48.3 Å². The summed E-state index contributed by atoms with van der Waals surface area (Å²) in [5.74, 6) is 0.283. The minimum atomic E-state index is -0.287. The quantitative estimate of drug-likeness (QED) is 0.605. The van der Waals surface area contributed by atoms with Gasteiger partial charge in [0.05, 0.1) is 11.0 Å². The van der Waals surface area contributed by atoms with Crippen LogP contribution in [-0.4, -0.2) is 9.97 Å². The molecule has 5 heteroatoms. The highest BCUT2D eigenvalue weighted by atomic mass is 19.1. The number of nitrogens with zero attached hydrogens (tertiary/aromatic N) is 1. The lowest BCUT2D eigenvalue weighted by Gasteiger charge is -2.02. The molecule has 0 amide bonds. The van der Waals surface area contributed by atoms with Gasteiger partial charge in [0.15, 0.2) is 0 Å². The number of imidazole rings is 1. The van der Waals surface area contributed by atoms with Crippen molar-refractivity contribution in [3.8, 4) is 0 Å². The number of fused-ring (bicyclic) bond motifs is 1. The van der Waals surface area contributed by atoms with Gasteiger partial charge in [0.2, 0.25) is 5.95 Å². The zero-order chi connectivity index (χ0) is 12.5. The summed E-state index contributed by atoms with van der Waals surface area (Å²) < 4.78 is 13.0. The third kappa shape index (κ3) is 1.98. The Hall–Kier alpha value is -2.56. The predicted molar refractivity (Wildman–Crippen MR) is 70.2 cm³/mol. The van der Waals surface area contributed by atoms with Gasteiger partial charge in [0.25, 0.3) is 0 Å². The summed E-state index contributed by atoms with van der Waals surface area (Å²) in [5.41, 5.74) is 8.55. The second kappa shape index (κ2) is 4.03. The lowest BCUT2D eigenvalue weighted by atomic mass is 10.3. The Morgan fingerprint density at radius 1 is 1.11 bits per heavy atom. The number of hydrogen-bond acceptors (Lipinski definition) is 3. The van der Waals surface area contributed by atoms with E-state index < -0.39 is 0 Å². The highest BCUT2D eigenvalue weighted by Crippen LogP contribution is 2.19. The number of nitrogen functional groups attached to an aromatic ring is 1. The maximum absolute atomic E-state index is 13.0. The molecule has 4 N–H and O–H groups in total. The molecule has 0 radical (unpaired) electrons. The number of nitrogens with two attached hydrogens (primary N) is 1. The van der Waals surface area contributed by atoms with E-state index in [9.17, 15) is 4.39 Å². The van der Waals surface area contributed by atoms with Gasteiger partial charge in [-0.3, -0.25) is 0 Å². The maximum Gasteiger partial charge on any atom is 0.205 e. The van der Waals surface area contributed by atoms with Crippen molar-refractivity contribution in [3.63, 3.8) is 0 Å². The van der Waals surface area contributed by atoms with Crippen LogP contribution in [0.3, 0.4) is 0 Å². The number of nitrogens with one attached hydrogen (secondary N) is 2. The van der Waals surface area contributed by atoms with Gasteiger partial charge in [-0.1, -0.05) is 0 Å². The zero-order valence-electron chi connectivity index (χ0n) is 9.44. The van der Waals surface area contributed by atoms with Gasteiger partial charge in [-0.2, -0.15) is 0 Å². The highest BCUT2D eigenvalue weighted by molar-refractivity contribution is 5.78. The molecule has 0 bridgehead atoms. The van der Waals surface area contributed by atoms with Gasteiger partial charge < -0.3 is 16.0 Å². The fourth-order valence-electron chi connectivity index (χ4n) is 1.74. The standard InChI is InChI=1S/C13H11FN4/c14-8-1-6-11-12(7-8)18-13(17-11)16-10-4-2-9(15)3-5-10/h1-7H,15H2,(H2,16,17,18). The summed E-state index contributed by atoms with van der Waals surface area (Å²) in [4.78, 5) is 7.31. The zero-order valence-corrected chi connectivity index (χ0v) is 9.44. The number of aromatic amines is 1.